The zero-order valence-electron chi connectivity index (χ0n) is 11.3. The van der Waals surface area contributed by atoms with Crippen molar-refractivity contribution >= 4 is 11.8 Å². The third-order valence-corrected chi connectivity index (χ3v) is 3.80. The van der Waals surface area contributed by atoms with Gasteiger partial charge in [-0.25, -0.2) is 0 Å². The molecule has 0 fully saturated rings. The van der Waals surface area contributed by atoms with Crippen LogP contribution in [0.1, 0.15) is 11.1 Å². The number of aliphatic hydroxyl groups excluding tert-OH is 1. The van der Waals surface area contributed by atoms with Gasteiger partial charge in [0, 0.05) is 11.3 Å². The van der Waals surface area contributed by atoms with Crippen molar-refractivity contribution in [3.8, 4) is 11.5 Å². The van der Waals surface area contributed by atoms with Crippen molar-refractivity contribution in [2.45, 2.75) is 31.4 Å². The molecule has 0 radical (unpaired) electrons. The molecule has 0 saturated carbocycles. The highest BCUT2D eigenvalue weighted by atomic mass is 32.2. The minimum atomic E-state index is -4.65. The lowest BCUT2D eigenvalue weighted by Gasteiger charge is -2.12. The Kier molecular flexibility index (Phi) is 4.58. The molecule has 1 heterocycles. The molecule has 0 aliphatic heterocycles. The fraction of sp³-hybridized carbons (Fsp3) is 0.385. The Hall–Kier alpha value is -1.54. The normalized spacial score (nSPS) is 13.4. The largest absolute Gasteiger partial charge is 0.415 e. The van der Waals surface area contributed by atoms with Crippen molar-refractivity contribution in [2.75, 3.05) is 5.75 Å². The molecule has 21 heavy (non-hydrogen) atoms. The molecule has 0 bridgehead atoms. The Morgan fingerprint density at radius 1 is 1.24 bits per heavy atom. The third kappa shape index (κ3) is 3.98. The standard InChI is InChI=1S/C13H13F3N2O2S/c1-7-3-4-9(5-8(7)2)11-17-18-12(20-11)21-6-10(19)13(14,15)16/h3-5,10,19H,6H2,1-2H3. The number of hydrogen-bond acceptors (Lipinski definition) is 5. The molecule has 1 atom stereocenters. The predicted octanol–water partition coefficient (Wildman–Crippen LogP) is 3.37. The van der Waals surface area contributed by atoms with Crippen molar-refractivity contribution in [2.24, 2.45) is 0 Å². The summed E-state index contributed by atoms with van der Waals surface area (Å²) in [5, 5.41) is 16.4. The first kappa shape index (κ1) is 15.8. The minimum absolute atomic E-state index is 0.00784. The van der Waals surface area contributed by atoms with Crippen LogP contribution in [-0.2, 0) is 0 Å². The molecule has 8 heteroatoms. The quantitative estimate of drug-likeness (QED) is 0.876. The van der Waals surface area contributed by atoms with Gasteiger partial charge in [0.15, 0.2) is 6.10 Å². The van der Waals surface area contributed by atoms with Gasteiger partial charge in [-0.3, -0.25) is 0 Å². The monoisotopic (exact) mass is 318 g/mol. The maximum Gasteiger partial charge on any atom is 0.415 e. The van der Waals surface area contributed by atoms with Crippen molar-refractivity contribution in [3.63, 3.8) is 0 Å². The highest BCUT2D eigenvalue weighted by Crippen LogP contribution is 2.28. The topological polar surface area (TPSA) is 59.2 Å². The number of halogens is 3. The minimum Gasteiger partial charge on any atom is -0.411 e. The number of rotatable bonds is 4. The van der Waals surface area contributed by atoms with Crippen molar-refractivity contribution in [1.29, 1.82) is 0 Å². The first-order chi connectivity index (χ1) is 9.77. The van der Waals surface area contributed by atoms with Crippen LogP contribution >= 0.6 is 11.8 Å². The Labute approximate surface area is 123 Å². The summed E-state index contributed by atoms with van der Waals surface area (Å²) in [6.07, 6.45) is -7.07. The molecular weight excluding hydrogens is 305 g/mol. The van der Waals surface area contributed by atoms with Crippen LogP contribution in [0.3, 0.4) is 0 Å². The summed E-state index contributed by atoms with van der Waals surface area (Å²) in [4.78, 5) is 0. The molecular formula is C13H13F3N2O2S. The first-order valence-corrected chi connectivity index (χ1v) is 7.04. The second-order valence-corrected chi connectivity index (χ2v) is 5.51. The molecule has 0 spiro atoms. The van der Waals surface area contributed by atoms with Crippen LogP contribution in [0.2, 0.25) is 0 Å². The molecule has 1 N–H and O–H groups in total. The highest BCUT2D eigenvalue weighted by Gasteiger charge is 2.38. The molecule has 4 nitrogen and oxygen atoms in total. The van der Waals surface area contributed by atoms with Gasteiger partial charge in [-0.05, 0) is 37.1 Å². The maximum atomic E-state index is 12.2. The van der Waals surface area contributed by atoms with Gasteiger partial charge in [0.25, 0.3) is 5.22 Å². The molecule has 2 rings (SSSR count). The Morgan fingerprint density at radius 2 is 1.95 bits per heavy atom. The maximum absolute atomic E-state index is 12.2. The second kappa shape index (κ2) is 6.07. The fourth-order valence-electron chi connectivity index (χ4n) is 1.50. The summed E-state index contributed by atoms with van der Waals surface area (Å²) in [5.41, 5.74) is 2.86. The lowest BCUT2D eigenvalue weighted by atomic mass is 10.1. The summed E-state index contributed by atoms with van der Waals surface area (Å²) in [6, 6.07) is 5.56. The zero-order chi connectivity index (χ0) is 15.6. The molecule has 1 aromatic carbocycles. The number of benzene rings is 1. The van der Waals surface area contributed by atoms with Crippen LogP contribution in [0.4, 0.5) is 13.2 Å². The van der Waals surface area contributed by atoms with Crippen molar-refractivity contribution < 1.29 is 22.7 Å². The van der Waals surface area contributed by atoms with E-state index in [4.69, 9.17) is 9.52 Å². The number of alkyl halides is 3. The molecule has 1 aromatic heterocycles. The molecule has 0 aliphatic carbocycles. The molecule has 114 valence electrons. The average Bonchev–Trinajstić information content (AvgIpc) is 2.87. The highest BCUT2D eigenvalue weighted by molar-refractivity contribution is 7.99. The summed E-state index contributed by atoms with van der Waals surface area (Å²) in [6.45, 7) is 3.90. The van der Waals surface area contributed by atoms with Crippen LogP contribution in [0.25, 0.3) is 11.5 Å². The van der Waals surface area contributed by atoms with E-state index in [1.807, 2.05) is 26.0 Å². The SMILES string of the molecule is Cc1ccc(-c2nnc(SCC(O)C(F)(F)F)o2)cc1C. The van der Waals surface area contributed by atoms with E-state index in [1.54, 1.807) is 6.07 Å². The van der Waals surface area contributed by atoms with E-state index in [-0.39, 0.29) is 11.1 Å². The van der Waals surface area contributed by atoms with Gasteiger partial charge in [-0.1, -0.05) is 17.8 Å². The molecule has 0 saturated heterocycles. The molecule has 0 amide bonds. The zero-order valence-corrected chi connectivity index (χ0v) is 12.1. The lowest BCUT2D eigenvalue weighted by Crippen LogP contribution is -2.30. The van der Waals surface area contributed by atoms with E-state index in [1.165, 1.54) is 0 Å². The summed E-state index contributed by atoms with van der Waals surface area (Å²) in [7, 11) is 0. The number of hydrogen-bond donors (Lipinski definition) is 1. The predicted molar refractivity (Wildman–Crippen MR) is 72.0 cm³/mol. The van der Waals surface area contributed by atoms with E-state index < -0.39 is 18.0 Å². The van der Waals surface area contributed by atoms with Gasteiger partial charge >= 0.3 is 6.18 Å². The van der Waals surface area contributed by atoms with Gasteiger partial charge in [-0.2, -0.15) is 13.2 Å². The Bertz CT molecular complexity index is 628. The van der Waals surface area contributed by atoms with Crippen LogP contribution in [-0.4, -0.2) is 33.3 Å². The van der Waals surface area contributed by atoms with Gasteiger partial charge in [0.2, 0.25) is 5.89 Å². The van der Waals surface area contributed by atoms with Crippen molar-refractivity contribution in [1.82, 2.24) is 10.2 Å². The van der Waals surface area contributed by atoms with E-state index >= 15 is 0 Å². The number of aryl methyl sites for hydroxylation is 2. The van der Waals surface area contributed by atoms with Crippen LogP contribution in [0.5, 0.6) is 0 Å². The number of nitrogens with zero attached hydrogens (tertiary/aromatic N) is 2. The number of thioether (sulfide) groups is 1. The number of aromatic nitrogens is 2. The summed E-state index contributed by atoms with van der Waals surface area (Å²) < 4.78 is 41.8. The first-order valence-electron chi connectivity index (χ1n) is 6.06. The molecule has 0 aliphatic rings. The van der Waals surface area contributed by atoms with Gasteiger partial charge in [0.1, 0.15) is 0 Å². The molecule has 1 unspecified atom stereocenters. The third-order valence-electron chi connectivity index (χ3n) is 2.90. The summed E-state index contributed by atoms with van der Waals surface area (Å²) >= 11 is 0.668. The Morgan fingerprint density at radius 3 is 2.57 bits per heavy atom. The Balaban J connectivity index is 2.06. The summed E-state index contributed by atoms with van der Waals surface area (Å²) in [5.74, 6) is -0.347. The average molecular weight is 318 g/mol. The smallest absolute Gasteiger partial charge is 0.411 e. The number of aliphatic hydroxyl groups is 1. The van der Waals surface area contributed by atoms with Crippen LogP contribution < -0.4 is 0 Å². The van der Waals surface area contributed by atoms with Gasteiger partial charge in [0.05, 0.1) is 0 Å². The van der Waals surface area contributed by atoms with Gasteiger partial charge in [-0.15, -0.1) is 10.2 Å². The van der Waals surface area contributed by atoms with Crippen LogP contribution in [0.15, 0.2) is 27.8 Å². The van der Waals surface area contributed by atoms with Crippen LogP contribution in [0, 0.1) is 13.8 Å². The molecule has 2 aromatic rings. The van der Waals surface area contributed by atoms with E-state index in [0.717, 1.165) is 11.1 Å². The van der Waals surface area contributed by atoms with E-state index in [0.29, 0.717) is 17.3 Å². The van der Waals surface area contributed by atoms with E-state index in [2.05, 4.69) is 10.2 Å². The fourth-order valence-corrected chi connectivity index (χ4v) is 2.23. The lowest BCUT2D eigenvalue weighted by molar-refractivity contribution is -0.195. The second-order valence-electron chi connectivity index (χ2n) is 4.54. The van der Waals surface area contributed by atoms with E-state index in [9.17, 15) is 13.2 Å². The van der Waals surface area contributed by atoms with Crippen molar-refractivity contribution in [3.05, 3.63) is 29.3 Å². The van der Waals surface area contributed by atoms with Gasteiger partial charge < -0.3 is 9.52 Å².